The molecule has 114 valence electrons. The second-order valence-corrected chi connectivity index (χ2v) is 5.97. The Hall–Kier alpha value is -1.26. The van der Waals surface area contributed by atoms with E-state index >= 15 is 0 Å². The van der Waals surface area contributed by atoms with E-state index in [-0.39, 0.29) is 23.7 Å². The molecule has 0 bridgehead atoms. The Bertz CT molecular complexity index is 446. The summed E-state index contributed by atoms with van der Waals surface area (Å²) in [6.07, 6.45) is 0. The van der Waals surface area contributed by atoms with Crippen LogP contribution in [0.5, 0.6) is 0 Å². The third kappa shape index (κ3) is 5.02. The minimum absolute atomic E-state index is 0. The predicted octanol–water partition coefficient (Wildman–Crippen LogP) is 2.23. The first-order valence-corrected chi connectivity index (χ1v) is 6.50. The van der Waals surface area contributed by atoms with E-state index in [2.05, 4.69) is 13.8 Å². The van der Waals surface area contributed by atoms with Gasteiger partial charge in [0.15, 0.2) is 0 Å². The maximum absolute atomic E-state index is 12.4. The number of benzene rings is 1. The van der Waals surface area contributed by atoms with Crippen LogP contribution in [0.25, 0.3) is 0 Å². The van der Waals surface area contributed by atoms with Gasteiger partial charge in [0, 0.05) is 38.9 Å². The fourth-order valence-electron chi connectivity index (χ4n) is 1.92. The standard InChI is InChI=1S/C15H25N3O.ClH/c1-15(2,10-16)11-18(5)14(19)12-7-6-8-13(9-12)17(3)4;/h6-9H,10-11,16H2,1-5H3;1H. The van der Waals surface area contributed by atoms with Crippen molar-refractivity contribution in [2.75, 3.05) is 39.1 Å². The van der Waals surface area contributed by atoms with Crippen molar-refractivity contribution in [2.24, 2.45) is 11.1 Å². The van der Waals surface area contributed by atoms with Gasteiger partial charge in [-0.15, -0.1) is 12.4 Å². The number of carbonyl (C=O) groups is 1. The van der Waals surface area contributed by atoms with E-state index in [1.807, 2.05) is 50.3 Å². The summed E-state index contributed by atoms with van der Waals surface area (Å²) in [6, 6.07) is 7.65. The van der Waals surface area contributed by atoms with Crippen LogP contribution in [0.1, 0.15) is 24.2 Å². The summed E-state index contributed by atoms with van der Waals surface area (Å²) in [5.41, 5.74) is 7.38. The number of hydrogen-bond acceptors (Lipinski definition) is 3. The summed E-state index contributed by atoms with van der Waals surface area (Å²) >= 11 is 0. The summed E-state index contributed by atoms with van der Waals surface area (Å²) in [5, 5.41) is 0. The minimum Gasteiger partial charge on any atom is -0.378 e. The molecular weight excluding hydrogens is 274 g/mol. The van der Waals surface area contributed by atoms with Crippen LogP contribution < -0.4 is 10.6 Å². The van der Waals surface area contributed by atoms with Crippen LogP contribution in [0, 0.1) is 5.41 Å². The fraction of sp³-hybridized carbons (Fsp3) is 0.533. The normalized spacial score (nSPS) is 10.7. The highest BCUT2D eigenvalue weighted by atomic mass is 35.5. The predicted molar refractivity (Wildman–Crippen MR) is 87.8 cm³/mol. The molecule has 20 heavy (non-hydrogen) atoms. The number of hydrogen-bond donors (Lipinski definition) is 1. The number of nitrogens with zero attached hydrogens (tertiary/aromatic N) is 2. The Labute approximate surface area is 128 Å². The highest BCUT2D eigenvalue weighted by Crippen LogP contribution is 2.18. The minimum atomic E-state index is -0.0659. The zero-order chi connectivity index (χ0) is 14.6. The van der Waals surface area contributed by atoms with Crippen molar-refractivity contribution >= 4 is 24.0 Å². The van der Waals surface area contributed by atoms with Gasteiger partial charge in [0.2, 0.25) is 0 Å². The summed E-state index contributed by atoms with van der Waals surface area (Å²) in [4.78, 5) is 16.1. The van der Waals surface area contributed by atoms with Gasteiger partial charge < -0.3 is 15.5 Å². The van der Waals surface area contributed by atoms with E-state index in [1.165, 1.54) is 0 Å². The Balaban J connectivity index is 0.00000361. The van der Waals surface area contributed by atoms with E-state index in [9.17, 15) is 4.79 Å². The molecule has 1 aromatic carbocycles. The van der Waals surface area contributed by atoms with Crippen molar-refractivity contribution in [2.45, 2.75) is 13.8 Å². The topological polar surface area (TPSA) is 49.6 Å². The van der Waals surface area contributed by atoms with Crippen LogP contribution in [0.15, 0.2) is 24.3 Å². The molecule has 0 saturated heterocycles. The first kappa shape index (κ1) is 18.7. The van der Waals surface area contributed by atoms with Crippen LogP contribution in [-0.4, -0.2) is 45.0 Å². The van der Waals surface area contributed by atoms with Gasteiger partial charge in [-0.25, -0.2) is 0 Å². The number of carbonyl (C=O) groups excluding carboxylic acids is 1. The van der Waals surface area contributed by atoms with Gasteiger partial charge in [0.05, 0.1) is 0 Å². The lowest BCUT2D eigenvalue weighted by Gasteiger charge is -2.29. The Morgan fingerprint density at radius 3 is 2.35 bits per heavy atom. The zero-order valence-corrected chi connectivity index (χ0v) is 13.8. The van der Waals surface area contributed by atoms with Gasteiger partial charge in [0.1, 0.15) is 0 Å². The van der Waals surface area contributed by atoms with Crippen molar-refractivity contribution < 1.29 is 4.79 Å². The van der Waals surface area contributed by atoms with E-state index in [0.717, 1.165) is 5.69 Å². The maximum atomic E-state index is 12.4. The average molecular weight is 300 g/mol. The molecule has 0 aliphatic rings. The number of anilines is 1. The lowest BCUT2D eigenvalue weighted by Crippen LogP contribution is -2.39. The zero-order valence-electron chi connectivity index (χ0n) is 13.0. The van der Waals surface area contributed by atoms with E-state index in [0.29, 0.717) is 18.7 Å². The molecule has 0 atom stereocenters. The van der Waals surface area contributed by atoms with Crippen molar-refractivity contribution in [1.29, 1.82) is 0 Å². The van der Waals surface area contributed by atoms with Crippen LogP contribution in [0.3, 0.4) is 0 Å². The maximum Gasteiger partial charge on any atom is 0.253 e. The van der Waals surface area contributed by atoms with Gasteiger partial charge >= 0.3 is 0 Å². The number of rotatable bonds is 5. The highest BCUT2D eigenvalue weighted by molar-refractivity contribution is 5.95. The van der Waals surface area contributed by atoms with Crippen molar-refractivity contribution in [3.8, 4) is 0 Å². The van der Waals surface area contributed by atoms with Crippen LogP contribution in [0.4, 0.5) is 5.69 Å². The molecule has 5 heteroatoms. The number of amides is 1. The molecule has 0 aliphatic heterocycles. The third-order valence-electron chi connectivity index (χ3n) is 3.17. The van der Waals surface area contributed by atoms with Gasteiger partial charge in [0.25, 0.3) is 5.91 Å². The molecular formula is C15H26ClN3O. The van der Waals surface area contributed by atoms with Crippen LogP contribution in [0.2, 0.25) is 0 Å². The van der Waals surface area contributed by atoms with E-state index in [1.54, 1.807) is 4.90 Å². The van der Waals surface area contributed by atoms with Crippen LogP contribution >= 0.6 is 12.4 Å². The second-order valence-electron chi connectivity index (χ2n) is 5.97. The van der Waals surface area contributed by atoms with Gasteiger partial charge in [-0.1, -0.05) is 19.9 Å². The Morgan fingerprint density at radius 1 is 1.25 bits per heavy atom. The molecule has 0 aromatic heterocycles. The van der Waals surface area contributed by atoms with Gasteiger partial charge in [-0.3, -0.25) is 4.79 Å². The highest BCUT2D eigenvalue weighted by Gasteiger charge is 2.22. The lowest BCUT2D eigenvalue weighted by molar-refractivity contribution is 0.0740. The van der Waals surface area contributed by atoms with E-state index in [4.69, 9.17) is 5.73 Å². The SMILES string of the molecule is CN(CC(C)(C)CN)C(=O)c1cccc(N(C)C)c1.Cl. The molecule has 0 fully saturated rings. The fourth-order valence-corrected chi connectivity index (χ4v) is 1.92. The average Bonchev–Trinajstić information content (AvgIpc) is 2.37. The van der Waals surface area contributed by atoms with E-state index < -0.39 is 0 Å². The first-order valence-electron chi connectivity index (χ1n) is 6.50. The molecule has 0 unspecified atom stereocenters. The molecule has 4 nitrogen and oxygen atoms in total. The third-order valence-corrected chi connectivity index (χ3v) is 3.17. The summed E-state index contributed by atoms with van der Waals surface area (Å²) < 4.78 is 0. The molecule has 1 amide bonds. The van der Waals surface area contributed by atoms with Crippen molar-refractivity contribution in [3.63, 3.8) is 0 Å². The van der Waals surface area contributed by atoms with Gasteiger partial charge in [-0.2, -0.15) is 0 Å². The van der Waals surface area contributed by atoms with Crippen LogP contribution in [-0.2, 0) is 0 Å². The molecule has 1 rings (SSSR count). The molecule has 0 spiro atoms. The van der Waals surface area contributed by atoms with Crippen molar-refractivity contribution in [3.05, 3.63) is 29.8 Å². The van der Waals surface area contributed by atoms with Gasteiger partial charge in [-0.05, 0) is 30.2 Å². The van der Waals surface area contributed by atoms with Crippen molar-refractivity contribution in [1.82, 2.24) is 4.90 Å². The molecule has 0 radical (unpaired) electrons. The monoisotopic (exact) mass is 299 g/mol. The molecule has 0 aliphatic carbocycles. The molecule has 2 N–H and O–H groups in total. The summed E-state index contributed by atoms with van der Waals surface area (Å²) in [5.74, 6) is 0.0326. The largest absolute Gasteiger partial charge is 0.378 e. The Kier molecular flexibility index (Phi) is 7.03. The second kappa shape index (κ2) is 7.50. The molecule has 0 heterocycles. The number of nitrogens with two attached hydrogens (primary N) is 1. The number of halogens is 1. The smallest absolute Gasteiger partial charge is 0.253 e. The first-order chi connectivity index (χ1) is 8.76. The molecule has 1 aromatic rings. The lowest BCUT2D eigenvalue weighted by atomic mass is 9.93. The molecule has 0 saturated carbocycles. The quantitative estimate of drug-likeness (QED) is 0.907. The summed E-state index contributed by atoms with van der Waals surface area (Å²) in [7, 11) is 5.75. The summed E-state index contributed by atoms with van der Waals surface area (Å²) in [6.45, 7) is 5.33. The Morgan fingerprint density at radius 2 is 1.85 bits per heavy atom.